The minimum absolute atomic E-state index is 0.535. The Morgan fingerprint density at radius 1 is 1.09 bits per heavy atom. The van der Waals surface area contributed by atoms with Gasteiger partial charge in [-0.1, -0.05) is 0 Å². The third kappa shape index (κ3) is 2.89. The fourth-order valence-electron chi connectivity index (χ4n) is 2.31. The zero-order valence-corrected chi connectivity index (χ0v) is 12.7. The number of benzene rings is 2. The van der Waals surface area contributed by atoms with E-state index in [1.807, 2.05) is 43.7 Å². The SMILES string of the molecule is CNc1ccc(-n2cnc3ccc(OCCOC)cc32)cc1. The average molecular weight is 297 g/mol. The molecular weight excluding hydrogens is 278 g/mol. The zero-order chi connectivity index (χ0) is 15.4. The monoisotopic (exact) mass is 297 g/mol. The van der Waals surface area contributed by atoms with Crippen LogP contribution in [-0.2, 0) is 4.74 Å². The highest BCUT2D eigenvalue weighted by Crippen LogP contribution is 2.23. The van der Waals surface area contributed by atoms with Gasteiger partial charge in [0, 0.05) is 31.6 Å². The van der Waals surface area contributed by atoms with Crippen molar-refractivity contribution in [2.24, 2.45) is 0 Å². The van der Waals surface area contributed by atoms with Crippen molar-refractivity contribution in [3.05, 3.63) is 48.8 Å². The molecule has 0 bridgehead atoms. The lowest BCUT2D eigenvalue weighted by atomic mass is 10.2. The summed E-state index contributed by atoms with van der Waals surface area (Å²) in [5.41, 5.74) is 4.11. The number of aromatic nitrogens is 2. The molecule has 0 spiro atoms. The summed E-state index contributed by atoms with van der Waals surface area (Å²) in [5.74, 6) is 0.818. The second-order valence-corrected chi connectivity index (χ2v) is 4.90. The van der Waals surface area contributed by atoms with Gasteiger partial charge in [-0.25, -0.2) is 4.98 Å². The van der Waals surface area contributed by atoms with E-state index in [0.29, 0.717) is 13.2 Å². The van der Waals surface area contributed by atoms with Gasteiger partial charge >= 0.3 is 0 Å². The number of imidazole rings is 1. The van der Waals surface area contributed by atoms with E-state index in [1.54, 1.807) is 7.11 Å². The van der Waals surface area contributed by atoms with E-state index in [-0.39, 0.29) is 0 Å². The number of nitrogens with zero attached hydrogens (tertiary/aromatic N) is 2. The van der Waals surface area contributed by atoms with Crippen LogP contribution in [0, 0.1) is 0 Å². The van der Waals surface area contributed by atoms with Gasteiger partial charge in [-0.3, -0.25) is 4.57 Å². The van der Waals surface area contributed by atoms with Gasteiger partial charge in [-0.05, 0) is 36.4 Å². The van der Waals surface area contributed by atoms with Crippen molar-refractivity contribution < 1.29 is 9.47 Å². The van der Waals surface area contributed by atoms with Crippen LogP contribution in [0.1, 0.15) is 0 Å². The van der Waals surface area contributed by atoms with Crippen molar-refractivity contribution in [1.29, 1.82) is 0 Å². The molecule has 2 aromatic carbocycles. The van der Waals surface area contributed by atoms with Crippen LogP contribution in [0.3, 0.4) is 0 Å². The zero-order valence-electron chi connectivity index (χ0n) is 12.7. The standard InChI is InChI=1S/C17H19N3O2/c1-18-13-3-5-14(6-4-13)20-12-19-16-8-7-15(11-17(16)20)22-10-9-21-2/h3-8,11-12,18H,9-10H2,1-2H3. The van der Waals surface area contributed by atoms with Gasteiger partial charge in [-0.15, -0.1) is 0 Å². The van der Waals surface area contributed by atoms with E-state index >= 15 is 0 Å². The van der Waals surface area contributed by atoms with Gasteiger partial charge in [0.1, 0.15) is 18.7 Å². The first-order valence-corrected chi connectivity index (χ1v) is 7.19. The summed E-state index contributed by atoms with van der Waals surface area (Å²) >= 11 is 0. The summed E-state index contributed by atoms with van der Waals surface area (Å²) in [5, 5.41) is 3.12. The van der Waals surface area contributed by atoms with Crippen LogP contribution in [0.25, 0.3) is 16.7 Å². The van der Waals surface area contributed by atoms with Crippen molar-refractivity contribution in [1.82, 2.24) is 9.55 Å². The van der Waals surface area contributed by atoms with Gasteiger partial charge in [-0.2, -0.15) is 0 Å². The molecule has 0 amide bonds. The highest BCUT2D eigenvalue weighted by molar-refractivity contribution is 5.79. The first kappa shape index (κ1) is 14.4. The molecule has 0 fully saturated rings. The number of fused-ring (bicyclic) bond motifs is 1. The Hall–Kier alpha value is -2.53. The van der Waals surface area contributed by atoms with Crippen LogP contribution in [0.15, 0.2) is 48.8 Å². The van der Waals surface area contributed by atoms with Gasteiger partial charge < -0.3 is 14.8 Å². The Bertz CT molecular complexity index is 750. The largest absolute Gasteiger partial charge is 0.491 e. The Labute approximate surface area is 129 Å². The van der Waals surface area contributed by atoms with Crippen molar-refractivity contribution >= 4 is 16.7 Å². The quantitative estimate of drug-likeness (QED) is 0.710. The molecule has 3 aromatic rings. The smallest absolute Gasteiger partial charge is 0.121 e. The Morgan fingerprint density at radius 2 is 1.91 bits per heavy atom. The summed E-state index contributed by atoms with van der Waals surface area (Å²) in [6.07, 6.45) is 1.83. The first-order chi connectivity index (χ1) is 10.8. The van der Waals surface area contributed by atoms with E-state index in [4.69, 9.17) is 9.47 Å². The van der Waals surface area contributed by atoms with Crippen LogP contribution in [0.5, 0.6) is 5.75 Å². The molecule has 0 radical (unpaired) electrons. The minimum atomic E-state index is 0.535. The maximum absolute atomic E-state index is 5.68. The fraction of sp³-hybridized carbons (Fsp3) is 0.235. The van der Waals surface area contributed by atoms with E-state index in [1.165, 1.54) is 0 Å². The molecule has 5 nitrogen and oxygen atoms in total. The molecule has 5 heteroatoms. The maximum Gasteiger partial charge on any atom is 0.121 e. The fourth-order valence-corrected chi connectivity index (χ4v) is 2.31. The Kier molecular flexibility index (Phi) is 4.25. The van der Waals surface area contributed by atoms with Crippen LogP contribution in [-0.4, -0.2) is 36.9 Å². The lowest BCUT2D eigenvalue weighted by Crippen LogP contribution is -2.04. The molecule has 114 valence electrons. The predicted molar refractivity (Wildman–Crippen MR) is 88.0 cm³/mol. The van der Waals surface area contributed by atoms with Gasteiger partial charge in [0.15, 0.2) is 0 Å². The normalized spacial score (nSPS) is 10.8. The van der Waals surface area contributed by atoms with Gasteiger partial charge in [0.05, 0.1) is 17.6 Å². The highest BCUT2D eigenvalue weighted by atomic mass is 16.5. The third-order valence-electron chi connectivity index (χ3n) is 3.51. The molecular formula is C17H19N3O2. The molecule has 0 atom stereocenters. The number of methoxy groups -OCH3 is 1. The van der Waals surface area contributed by atoms with E-state index in [9.17, 15) is 0 Å². The van der Waals surface area contributed by atoms with Crippen LogP contribution >= 0.6 is 0 Å². The summed E-state index contributed by atoms with van der Waals surface area (Å²) in [7, 11) is 3.57. The summed E-state index contributed by atoms with van der Waals surface area (Å²) in [4.78, 5) is 4.44. The number of hydrogen-bond acceptors (Lipinski definition) is 4. The minimum Gasteiger partial charge on any atom is -0.491 e. The second kappa shape index (κ2) is 6.49. The lowest BCUT2D eigenvalue weighted by Gasteiger charge is -2.08. The van der Waals surface area contributed by atoms with E-state index in [2.05, 4.69) is 27.0 Å². The summed E-state index contributed by atoms with van der Waals surface area (Å²) in [6.45, 7) is 1.11. The van der Waals surface area contributed by atoms with Crippen LogP contribution in [0.2, 0.25) is 0 Å². The molecule has 0 aliphatic heterocycles. The molecule has 0 aliphatic rings. The topological polar surface area (TPSA) is 48.3 Å². The number of anilines is 1. The lowest BCUT2D eigenvalue weighted by molar-refractivity contribution is 0.146. The van der Waals surface area contributed by atoms with E-state index < -0.39 is 0 Å². The average Bonchev–Trinajstić information content (AvgIpc) is 2.98. The number of hydrogen-bond donors (Lipinski definition) is 1. The number of nitrogens with one attached hydrogen (secondary N) is 1. The predicted octanol–water partition coefficient (Wildman–Crippen LogP) is 3.09. The van der Waals surface area contributed by atoms with Gasteiger partial charge in [0.2, 0.25) is 0 Å². The molecule has 1 heterocycles. The van der Waals surface area contributed by atoms with Crippen molar-refractivity contribution in [2.75, 3.05) is 32.7 Å². The van der Waals surface area contributed by atoms with Crippen molar-refractivity contribution in [2.45, 2.75) is 0 Å². The molecule has 1 aromatic heterocycles. The summed E-state index contributed by atoms with van der Waals surface area (Å²) < 4.78 is 12.7. The molecule has 0 unspecified atom stereocenters. The molecule has 3 rings (SSSR count). The highest BCUT2D eigenvalue weighted by Gasteiger charge is 2.06. The van der Waals surface area contributed by atoms with Gasteiger partial charge in [0.25, 0.3) is 0 Å². The Balaban J connectivity index is 1.93. The van der Waals surface area contributed by atoms with Crippen LogP contribution < -0.4 is 10.1 Å². The third-order valence-corrected chi connectivity index (χ3v) is 3.51. The first-order valence-electron chi connectivity index (χ1n) is 7.19. The molecule has 0 aliphatic carbocycles. The maximum atomic E-state index is 5.68. The summed E-state index contributed by atoms with van der Waals surface area (Å²) in [6, 6.07) is 14.1. The number of rotatable bonds is 6. The molecule has 0 saturated heterocycles. The van der Waals surface area contributed by atoms with E-state index in [0.717, 1.165) is 28.2 Å². The molecule has 1 N–H and O–H groups in total. The van der Waals surface area contributed by atoms with Crippen LogP contribution in [0.4, 0.5) is 5.69 Å². The number of ether oxygens (including phenoxy) is 2. The molecule has 0 saturated carbocycles. The Morgan fingerprint density at radius 3 is 2.64 bits per heavy atom. The van der Waals surface area contributed by atoms with Crippen molar-refractivity contribution in [3.63, 3.8) is 0 Å². The second-order valence-electron chi connectivity index (χ2n) is 4.90. The molecule has 22 heavy (non-hydrogen) atoms. The van der Waals surface area contributed by atoms with Crippen molar-refractivity contribution in [3.8, 4) is 11.4 Å².